The lowest BCUT2D eigenvalue weighted by Gasteiger charge is -2.36. The monoisotopic (exact) mass is 418 g/mol. The lowest BCUT2D eigenvalue weighted by molar-refractivity contribution is -0.00545. The maximum atomic E-state index is 5.81. The van der Waals surface area contributed by atoms with Crippen LogP contribution in [0.1, 0.15) is 32.8 Å². The number of hydrogen-bond donors (Lipinski definition) is 2. The number of aromatic nitrogens is 1. The molecule has 168 valence electrons. The molecule has 0 bridgehead atoms. The molecule has 2 aliphatic heterocycles. The third-order valence-corrected chi connectivity index (χ3v) is 5.36. The predicted octanol–water partition coefficient (Wildman–Crippen LogP) is 1.47. The molecule has 2 aliphatic rings. The molecule has 0 aromatic carbocycles. The topological polar surface area (TPSA) is 74.2 Å². The van der Waals surface area contributed by atoms with Crippen LogP contribution in [0.5, 0.6) is 0 Å². The largest absolute Gasteiger partial charge is 0.379 e. The number of morpholine rings is 2. The third kappa shape index (κ3) is 7.41. The van der Waals surface area contributed by atoms with Crippen LogP contribution < -0.4 is 15.5 Å². The Labute approximate surface area is 181 Å². The number of nitrogens with one attached hydrogen (secondary N) is 2. The van der Waals surface area contributed by atoms with E-state index in [1.165, 1.54) is 0 Å². The van der Waals surface area contributed by atoms with Crippen molar-refractivity contribution in [2.24, 2.45) is 4.99 Å². The van der Waals surface area contributed by atoms with Crippen molar-refractivity contribution in [3.63, 3.8) is 0 Å². The SMILES string of the molecule is CCNC(=NCc1ccc(N2CC(C)OC(C)C2)nc1)NCCCN1CCOCC1. The van der Waals surface area contributed by atoms with Gasteiger partial charge in [-0.2, -0.15) is 0 Å². The van der Waals surface area contributed by atoms with Gasteiger partial charge in [0.05, 0.1) is 32.0 Å². The van der Waals surface area contributed by atoms with Crippen molar-refractivity contribution in [3.8, 4) is 0 Å². The number of ether oxygens (including phenoxy) is 2. The minimum absolute atomic E-state index is 0.233. The summed E-state index contributed by atoms with van der Waals surface area (Å²) in [4.78, 5) is 14.1. The standard InChI is InChI=1S/C22H38N6O2/c1-4-23-22(24-8-5-9-27-10-12-29-13-11-27)26-15-20-6-7-21(25-14-20)28-16-18(2)30-19(3)17-28/h6-7,14,18-19H,4-5,8-13,15-17H2,1-3H3,(H2,23,24,26). The molecule has 2 atom stereocenters. The molecule has 0 aliphatic carbocycles. The summed E-state index contributed by atoms with van der Waals surface area (Å²) in [5, 5.41) is 6.77. The van der Waals surface area contributed by atoms with E-state index < -0.39 is 0 Å². The molecule has 2 fully saturated rings. The van der Waals surface area contributed by atoms with E-state index in [9.17, 15) is 0 Å². The molecule has 8 nitrogen and oxygen atoms in total. The summed E-state index contributed by atoms with van der Waals surface area (Å²) in [5.74, 6) is 1.87. The van der Waals surface area contributed by atoms with E-state index in [2.05, 4.69) is 58.3 Å². The predicted molar refractivity (Wildman–Crippen MR) is 121 cm³/mol. The third-order valence-electron chi connectivity index (χ3n) is 5.36. The van der Waals surface area contributed by atoms with Crippen molar-refractivity contribution in [2.75, 3.05) is 63.9 Å². The normalized spacial score (nSPS) is 23.4. The molecule has 30 heavy (non-hydrogen) atoms. The zero-order chi connectivity index (χ0) is 21.2. The zero-order valence-corrected chi connectivity index (χ0v) is 18.8. The first kappa shape index (κ1) is 22.8. The molecule has 0 spiro atoms. The molecular formula is C22H38N6O2. The fourth-order valence-corrected chi connectivity index (χ4v) is 3.91. The van der Waals surface area contributed by atoms with Gasteiger partial charge in [-0.05, 0) is 45.4 Å². The average Bonchev–Trinajstić information content (AvgIpc) is 2.75. The molecule has 1 aromatic heterocycles. The Morgan fingerprint density at radius 2 is 1.93 bits per heavy atom. The van der Waals surface area contributed by atoms with Crippen molar-refractivity contribution in [3.05, 3.63) is 23.9 Å². The van der Waals surface area contributed by atoms with Crippen LogP contribution in [-0.2, 0) is 16.0 Å². The summed E-state index contributed by atoms with van der Waals surface area (Å²) < 4.78 is 11.2. The number of guanidine groups is 1. The Morgan fingerprint density at radius 1 is 1.17 bits per heavy atom. The Balaban J connectivity index is 1.45. The lowest BCUT2D eigenvalue weighted by Crippen LogP contribution is -2.45. The first-order valence-electron chi connectivity index (χ1n) is 11.3. The summed E-state index contributed by atoms with van der Waals surface area (Å²) in [5.41, 5.74) is 1.11. The van der Waals surface area contributed by atoms with Crippen LogP contribution in [0.2, 0.25) is 0 Å². The van der Waals surface area contributed by atoms with Gasteiger partial charge in [0, 0.05) is 45.5 Å². The van der Waals surface area contributed by atoms with Gasteiger partial charge in [0.2, 0.25) is 0 Å². The smallest absolute Gasteiger partial charge is 0.191 e. The van der Waals surface area contributed by atoms with Crippen LogP contribution in [0.4, 0.5) is 5.82 Å². The van der Waals surface area contributed by atoms with E-state index in [4.69, 9.17) is 14.5 Å². The Morgan fingerprint density at radius 3 is 2.60 bits per heavy atom. The van der Waals surface area contributed by atoms with E-state index in [1.807, 2.05) is 6.20 Å². The number of pyridine rings is 1. The molecule has 0 amide bonds. The molecule has 2 N–H and O–H groups in total. The summed E-state index contributed by atoms with van der Waals surface area (Å²) in [7, 11) is 0. The van der Waals surface area contributed by atoms with Crippen LogP contribution in [0.15, 0.2) is 23.3 Å². The van der Waals surface area contributed by atoms with E-state index in [0.717, 1.165) is 82.8 Å². The Hall–Kier alpha value is -1.90. The maximum Gasteiger partial charge on any atom is 0.191 e. The van der Waals surface area contributed by atoms with Crippen molar-refractivity contribution in [2.45, 2.75) is 45.9 Å². The molecule has 2 saturated heterocycles. The van der Waals surface area contributed by atoms with Crippen LogP contribution in [0, 0.1) is 0 Å². The first-order valence-corrected chi connectivity index (χ1v) is 11.3. The second-order valence-corrected chi connectivity index (χ2v) is 8.12. The highest BCUT2D eigenvalue weighted by molar-refractivity contribution is 5.79. The average molecular weight is 419 g/mol. The van der Waals surface area contributed by atoms with Gasteiger partial charge in [-0.25, -0.2) is 9.98 Å². The van der Waals surface area contributed by atoms with Crippen LogP contribution in [-0.4, -0.2) is 87.1 Å². The van der Waals surface area contributed by atoms with Crippen molar-refractivity contribution in [1.82, 2.24) is 20.5 Å². The van der Waals surface area contributed by atoms with Crippen molar-refractivity contribution >= 4 is 11.8 Å². The minimum Gasteiger partial charge on any atom is -0.379 e. The van der Waals surface area contributed by atoms with Crippen molar-refractivity contribution < 1.29 is 9.47 Å². The van der Waals surface area contributed by atoms with Crippen molar-refractivity contribution in [1.29, 1.82) is 0 Å². The zero-order valence-electron chi connectivity index (χ0n) is 18.8. The van der Waals surface area contributed by atoms with Gasteiger partial charge >= 0.3 is 0 Å². The summed E-state index contributed by atoms with van der Waals surface area (Å²) in [6.45, 7) is 15.3. The maximum absolute atomic E-state index is 5.81. The van der Waals surface area contributed by atoms with Gasteiger partial charge in [0.15, 0.2) is 5.96 Å². The quantitative estimate of drug-likeness (QED) is 0.376. The van der Waals surface area contributed by atoms with Gasteiger partial charge in [0.25, 0.3) is 0 Å². The highest BCUT2D eigenvalue weighted by Gasteiger charge is 2.22. The molecule has 1 aromatic rings. The number of rotatable bonds is 8. The second kappa shape index (κ2) is 12.1. The van der Waals surface area contributed by atoms with Gasteiger partial charge in [-0.15, -0.1) is 0 Å². The van der Waals surface area contributed by atoms with Crippen LogP contribution >= 0.6 is 0 Å². The lowest BCUT2D eigenvalue weighted by atomic mass is 10.2. The number of hydrogen-bond acceptors (Lipinski definition) is 6. The number of nitrogens with zero attached hydrogens (tertiary/aromatic N) is 4. The van der Waals surface area contributed by atoms with E-state index in [1.54, 1.807) is 0 Å². The molecule has 0 radical (unpaired) electrons. The second-order valence-electron chi connectivity index (χ2n) is 8.12. The summed E-state index contributed by atoms with van der Waals surface area (Å²) >= 11 is 0. The Kier molecular flexibility index (Phi) is 9.17. The number of aliphatic imine (C=N–C) groups is 1. The van der Waals surface area contributed by atoms with Crippen LogP contribution in [0.3, 0.4) is 0 Å². The van der Waals surface area contributed by atoms with Gasteiger partial charge in [0.1, 0.15) is 5.82 Å². The molecule has 3 heterocycles. The van der Waals surface area contributed by atoms with Gasteiger partial charge in [-0.1, -0.05) is 6.07 Å². The molecule has 8 heteroatoms. The molecule has 3 rings (SSSR count). The van der Waals surface area contributed by atoms with Crippen LogP contribution in [0.25, 0.3) is 0 Å². The minimum atomic E-state index is 0.233. The molecular weight excluding hydrogens is 380 g/mol. The Bertz CT molecular complexity index is 638. The summed E-state index contributed by atoms with van der Waals surface area (Å²) in [6.07, 6.45) is 3.50. The van der Waals surface area contributed by atoms with E-state index in [-0.39, 0.29) is 12.2 Å². The van der Waals surface area contributed by atoms with E-state index in [0.29, 0.717) is 6.54 Å². The van der Waals surface area contributed by atoms with Gasteiger partial charge in [-0.3, -0.25) is 4.90 Å². The molecule has 2 unspecified atom stereocenters. The molecule has 0 saturated carbocycles. The highest BCUT2D eigenvalue weighted by Crippen LogP contribution is 2.18. The number of anilines is 1. The van der Waals surface area contributed by atoms with E-state index >= 15 is 0 Å². The first-order chi connectivity index (χ1) is 14.6. The fourth-order valence-electron chi connectivity index (χ4n) is 3.91. The van der Waals surface area contributed by atoms with Gasteiger partial charge < -0.3 is 25.0 Å². The fraction of sp³-hybridized carbons (Fsp3) is 0.727. The summed E-state index contributed by atoms with van der Waals surface area (Å²) in [6, 6.07) is 4.22. The highest BCUT2D eigenvalue weighted by atomic mass is 16.5.